The van der Waals surface area contributed by atoms with Gasteiger partial charge in [0.25, 0.3) is 0 Å². The first-order chi connectivity index (χ1) is 9.32. The number of carbonyl (C=O) groups excluding carboxylic acids is 1. The van der Waals surface area contributed by atoms with Crippen LogP contribution in [0.2, 0.25) is 0 Å². The van der Waals surface area contributed by atoms with Gasteiger partial charge in [-0.3, -0.25) is 9.69 Å². The predicted octanol–water partition coefficient (Wildman–Crippen LogP) is 1.23. The van der Waals surface area contributed by atoms with Crippen LogP contribution in [0.15, 0.2) is 18.2 Å². The van der Waals surface area contributed by atoms with E-state index in [1.54, 1.807) is 13.8 Å². The van der Waals surface area contributed by atoms with Gasteiger partial charge in [0.15, 0.2) is 0 Å². The number of hydrogen-bond acceptors (Lipinski definition) is 3. The first-order valence-corrected chi connectivity index (χ1v) is 6.37. The van der Waals surface area contributed by atoms with Crippen LogP contribution < -0.4 is 5.32 Å². The summed E-state index contributed by atoms with van der Waals surface area (Å²) in [4.78, 5) is 24.5. The lowest BCUT2D eigenvalue weighted by Gasteiger charge is -2.41. The maximum absolute atomic E-state index is 13.9. The molecule has 20 heavy (non-hydrogen) atoms. The predicted molar refractivity (Wildman–Crippen MR) is 70.9 cm³/mol. The summed E-state index contributed by atoms with van der Waals surface area (Å²) >= 11 is 0. The molecule has 0 spiro atoms. The van der Waals surface area contributed by atoms with Crippen molar-refractivity contribution >= 4 is 11.9 Å². The van der Waals surface area contributed by atoms with E-state index in [1.807, 2.05) is 4.90 Å². The van der Waals surface area contributed by atoms with Crippen LogP contribution in [0.3, 0.4) is 0 Å². The van der Waals surface area contributed by atoms with Crippen LogP contribution in [0, 0.1) is 5.82 Å². The maximum atomic E-state index is 13.9. The molecule has 0 atom stereocenters. The number of benzene rings is 1. The number of piperazine rings is 1. The highest BCUT2D eigenvalue weighted by atomic mass is 19.1. The van der Waals surface area contributed by atoms with E-state index in [0.717, 1.165) is 6.07 Å². The molecule has 0 aliphatic carbocycles. The van der Waals surface area contributed by atoms with Gasteiger partial charge in [0.1, 0.15) is 5.82 Å². The molecule has 2 N–H and O–H groups in total. The second-order valence-corrected chi connectivity index (χ2v) is 5.35. The van der Waals surface area contributed by atoms with E-state index in [-0.39, 0.29) is 18.0 Å². The Hall–Kier alpha value is -1.95. The molecule has 1 aliphatic rings. The molecule has 0 unspecified atom stereocenters. The van der Waals surface area contributed by atoms with E-state index in [0.29, 0.717) is 18.7 Å². The first kappa shape index (κ1) is 14.5. The summed E-state index contributed by atoms with van der Waals surface area (Å²) in [7, 11) is 0. The van der Waals surface area contributed by atoms with Crippen molar-refractivity contribution in [2.45, 2.75) is 25.9 Å². The SMILES string of the molecule is CC1(C)C(=O)NCCN1Cc1ccc(C(=O)O)cc1F. The molecule has 1 aliphatic heterocycles. The first-order valence-electron chi connectivity index (χ1n) is 6.37. The summed E-state index contributed by atoms with van der Waals surface area (Å²) in [5.41, 5.74) is -0.407. The number of halogens is 1. The zero-order valence-electron chi connectivity index (χ0n) is 11.4. The smallest absolute Gasteiger partial charge is 0.335 e. The second-order valence-electron chi connectivity index (χ2n) is 5.35. The topological polar surface area (TPSA) is 69.6 Å². The Labute approximate surface area is 116 Å². The normalized spacial score (nSPS) is 18.6. The Morgan fingerprint density at radius 1 is 1.50 bits per heavy atom. The Morgan fingerprint density at radius 2 is 2.20 bits per heavy atom. The Bertz CT molecular complexity index is 557. The number of carbonyl (C=O) groups is 2. The van der Waals surface area contributed by atoms with Crippen LogP contribution in [0.4, 0.5) is 4.39 Å². The summed E-state index contributed by atoms with van der Waals surface area (Å²) in [5, 5.41) is 11.6. The number of carboxylic acids is 1. The molecule has 1 aromatic rings. The van der Waals surface area contributed by atoms with Gasteiger partial charge in [-0.25, -0.2) is 9.18 Å². The molecule has 1 saturated heterocycles. The average Bonchev–Trinajstić information content (AvgIpc) is 2.37. The Morgan fingerprint density at radius 3 is 2.80 bits per heavy atom. The van der Waals surface area contributed by atoms with Crippen molar-refractivity contribution in [1.82, 2.24) is 10.2 Å². The average molecular weight is 280 g/mol. The van der Waals surface area contributed by atoms with Crippen molar-refractivity contribution in [2.24, 2.45) is 0 Å². The van der Waals surface area contributed by atoms with Crippen LogP contribution in [-0.2, 0) is 11.3 Å². The monoisotopic (exact) mass is 280 g/mol. The third kappa shape index (κ3) is 2.65. The van der Waals surface area contributed by atoms with Crippen molar-refractivity contribution in [2.75, 3.05) is 13.1 Å². The van der Waals surface area contributed by atoms with E-state index in [9.17, 15) is 14.0 Å². The van der Waals surface area contributed by atoms with Gasteiger partial charge in [0.05, 0.1) is 11.1 Å². The second kappa shape index (κ2) is 5.20. The van der Waals surface area contributed by atoms with Crippen molar-refractivity contribution < 1.29 is 19.1 Å². The van der Waals surface area contributed by atoms with Crippen LogP contribution in [-0.4, -0.2) is 40.5 Å². The molecule has 6 heteroatoms. The lowest BCUT2D eigenvalue weighted by atomic mass is 9.97. The minimum atomic E-state index is -1.16. The van der Waals surface area contributed by atoms with Gasteiger partial charge >= 0.3 is 5.97 Å². The minimum Gasteiger partial charge on any atom is -0.478 e. The van der Waals surface area contributed by atoms with Gasteiger partial charge in [-0.2, -0.15) is 0 Å². The molecule has 1 fully saturated rings. The maximum Gasteiger partial charge on any atom is 0.335 e. The number of rotatable bonds is 3. The summed E-state index contributed by atoms with van der Waals surface area (Å²) in [6.45, 7) is 4.98. The summed E-state index contributed by atoms with van der Waals surface area (Å²) in [6, 6.07) is 3.84. The molecular weight excluding hydrogens is 263 g/mol. The molecule has 0 bridgehead atoms. The molecule has 5 nitrogen and oxygen atoms in total. The van der Waals surface area contributed by atoms with Crippen molar-refractivity contribution in [3.8, 4) is 0 Å². The summed E-state index contributed by atoms with van der Waals surface area (Å²) in [6.07, 6.45) is 0. The number of nitrogens with one attached hydrogen (secondary N) is 1. The molecule has 1 aromatic carbocycles. The van der Waals surface area contributed by atoms with E-state index in [2.05, 4.69) is 5.32 Å². The molecule has 0 radical (unpaired) electrons. The Balaban J connectivity index is 2.21. The third-order valence-electron chi connectivity index (χ3n) is 3.67. The van der Waals surface area contributed by atoms with E-state index < -0.39 is 17.3 Å². The number of amides is 1. The summed E-state index contributed by atoms with van der Waals surface area (Å²) < 4.78 is 13.9. The molecular formula is C14H17FN2O3. The highest BCUT2D eigenvalue weighted by Crippen LogP contribution is 2.22. The van der Waals surface area contributed by atoms with Crippen LogP contribution in [0.5, 0.6) is 0 Å². The van der Waals surface area contributed by atoms with Crippen LogP contribution >= 0.6 is 0 Å². The van der Waals surface area contributed by atoms with Crippen molar-refractivity contribution in [3.63, 3.8) is 0 Å². The summed E-state index contributed by atoms with van der Waals surface area (Å²) in [5.74, 6) is -1.81. The van der Waals surface area contributed by atoms with Crippen molar-refractivity contribution in [3.05, 3.63) is 35.1 Å². The van der Waals surface area contributed by atoms with Gasteiger partial charge in [0, 0.05) is 25.2 Å². The quantitative estimate of drug-likeness (QED) is 0.874. The Kier molecular flexibility index (Phi) is 3.76. The fraction of sp³-hybridized carbons (Fsp3) is 0.429. The molecule has 0 saturated carbocycles. The van der Waals surface area contributed by atoms with Crippen LogP contribution in [0.1, 0.15) is 29.8 Å². The zero-order valence-corrected chi connectivity index (χ0v) is 11.4. The number of hydrogen-bond donors (Lipinski definition) is 2. The molecule has 0 aromatic heterocycles. The van der Waals surface area contributed by atoms with Crippen LogP contribution in [0.25, 0.3) is 0 Å². The van der Waals surface area contributed by atoms with E-state index in [1.165, 1.54) is 12.1 Å². The molecule has 1 heterocycles. The highest BCUT2D eigenvalue weighted by molar-refractivity contribution is 5.87. The van der Waals surface area contributed by atoms with Gasteiger partial charge in [-0.05, 0) is 26.0 Å². The van der Waals surface area contributed by atoms with Crippen molar-refractivity contribution in [1.29, 1.82) is 0 Å². The molecule has 108 valence electrons. The molecule has 1 amide bonds. The lowest BCUT2D eigenvalue weighted by Crippen LogP contribution is -2.61. The lowest BCUT2D eigenvalue weighted by molar-refractivity contribution is -0.135. The largest absolute Gasteiger partial charge is 0.478 e. The van der Waals surface area contributed by atoms with Gasteiger partial charge in [-0.15, -0.1) is 0 Å². The highest BCUT2D eigenvalue weighted by Gasteiger charge is 2.37. The fourth-order valence-corrected chi connectivity index (χ4v) is 2.23. The number of carboxylic acid groups (broad SMARTS) is 1. The van der Waals surface area contributed by atoms with Gasteiger partial charge in [0.2, 0.25) is 5.91 Å². The molecule has 2 rings (SSSR count). The minimum absolute atomic E-state index is 0.0816. The van der Waals surface area contributed by atoms with Gasteiger partial charge in [-0.1, -0.05) is 6.07 Å². The number of aromatic carboxylic acids is 1. The van der Waals surface area contributed by atoms with Gasteiger partial charge < -0.3 is 10.4 Å². The number of nitrogens with zero attached hydrogens (tertiary/aromatic N) is 1. The fourth-order valence-electron chi connectivity index (χ4n) is 2.23. The zero-order chi connectivity index (χ0) is 14.9. The van der Waals surface area contributed by atoms with E-state index >= 15 is 0 Å². The standard InChI is InChI=1S/C14H17FN2O3/c1-14(2)13(20)16-5-6-17(14)8-10-4-3-9(12(18)19)7-11(10)15/h3-4,7H,5-6,8H2,1-2H3,(H,16,20)(H,18,19). The third-order valence-corrected chi connectivity index (χ3v) is 3.67. The van der Waals surface area contributed by atoms with E-state index in [4.69, 9.17) is 5.11 Å².